The van der Waals surface area contributed by atoms with Crippen LogP contribution < -0.4 is 8.85 Å². The van der Waals surface area contributed by atoms with Crippen LogP contribution in [0.15, 0.2) is 12.1 Å². The Bertz CT molecular complexity index is 638. The Hall–Kier alpha value is -1.08. The van der Waals surface area contributed by atoms with Crippen molar-refractivity contribution in [2.45, 2.75) is 90.6 Å². The van der Waals surface area contributed by atoms with E-state index >= 15 is 0 Å². The highest BCUT2D eigenvalue weighted by Crippen LogP contribution is 2.39. The van der Waals surface area contributed by atoms with E-state index in [9.17, 15) is 4.79 Å². The maximum absolute atomic E-state index is 12.2. The summed E-state index contributed by atoms with van der Waals surface area (Å²) in [6.07, 6.45) is 6.22. The van der Waals surface area contributed by atoms with Gasteiger partial charge in [-0.3, -0.25) is 4.79 Å². The summed E-state index contributed by atoms with van der Waals surface area (Å²) >= 11 is 0. The number of fused-ring (bicyclic) bond motifs is 1. The molecule has 0 bridgehead atoms. The van der Waals surface area contributed by atoms with Crippen LogP contribution in [0, 0.1) is 0 Å². The largest absolute Gasteiger partial charge is 0.542 e. The van der Waals surface area contributed by atoms with Crippen molar-refractivity contribution >= 4 is 22.4 Å². The molecule has 0 atom stereocenters. The molecule has 0 fully saturated rings. The van der Waals surface area contributed by atoms with E-state index in [4.69, 9.17) is 8.85 Å². The second-order valence-electron chi connectivity index (χ2n) is 8.81. The van der Waals surface area contributed by atoms with Crippen LogP contribution in [0.3, 0.4) is 0 Å². The molecule has 0 unspecified atom stereocenters. The normalized spacial score (nSPS) is 14.5. The number of Topliss-reactive ketones (excluding diaryl/α,β-unsaturated/α-hetero) is 1. The minimum Gasteiger partial charge on any atom is -0.542 e. The van der Waals surface area contributed by atoms with Crippen LogP contribution in [0.2, 0.25) is 38.3 Å². The third-order valence-corrected chi connectivity index (χ3v) is 9.79. The molecule has 1 aromatic rings. The van der Waals surface area contributed by atoms with Crippen molar-refractivity contribution in [1.29, 1.82) is 0 Å². The molecule has 1 aliphatic carbocycles. The van der Waals surface area contributed by atoms with Gasteiger partial charge in [0.2, 0.25) is 16.6 Å². The lowest BCUT2D eigenvalue weighted by atomic mass is 10.1. The van der Waals surface area contributed by atoms with Crippen molar-refractivity contribution in [3.05, 3.63) is 23.3 Å². The van der Waals surface area contributed by atoms with Crippen molar-refractivity contribution in [1.82, 2.24) is 0 Å². The van der Waals surface area contributed by atoms with E-state index in [-0.39, 0.29) is 5.78 Å². The minimum absolute atomic E-state index is 0.243. The number of aryl methyl sites for hydroxylation is 1. The van der Waals surface area contributed by atoms with Gasteiger partial charge in [0.05, 0.1) is 0 Å². The fourth-order valence-corrected chi connectivity index (χ4v) is 7.64. The number of ketones is 1. The molecule has 0 aliphatic heterocycles. The van der Waals surface area contributed by atoms with Crippen molar-refractivity contribution in [2.24, 2.45) is 0 Å². The molecule has 0 N–H and O–H groups in total. The lowest BCUT2D eigenvalue weighted by Gasteiger charge is -2.30. The zero-order valence-corrected chi connectivity index (χ0v) is 19.5. The Morgan fingerprint density at radius 3 is 1.85 bits per heavy atom. The molecule has 0 radical (unpaired) electrons. The Morgan fingerprint density at radius 2 is 1.35 bits per heavy atom. The Morgan fingerprint density at radius 1 is 0.846 bits per heavy atom. The first-order valence-corrected chi connectivity index (χ1v) is 16.5. The first-order chi connectivity index (χ1) is 12.2. The van der Waals surface area contributed by atoms with Crippen molar-refractivity contribution in [3.8, 4) is 11.5 Å². The molecule has 26 heavy (non-hydrogen) atoms. The van der Waals surface area contributed by atoms with E-state index in [1.54, 1.807) is 0 Å². The van der Waals surface area contributed by atoms with Gasteiger partial charge in [-0.2, -0.15) is 0 Å². The zero-order valence-electron chi connectivity index (χ0n) is 17.5. The van der Waals surface area contributed by atoms with E-state index in [1.165, 1.54) is 25.7 Å². The second kappa shape index (κ2) is 8.74. The number of benzene rings is 1. The topological polar surface area (TPSA) is 35.5 Å². The van der Waals surface area contributed by atoms with Gasteiger partial charge in [0.15, 0.2) is 5.78 Å². The summed E-state index contributed by atoms with van der Waals surface area (Å²) < 4.78 is 13.1. The lowest BCUT2D eigenvalue weighted by Crippen LogP contribution is -2.36. The monoisotopic (exact) mass is 392 g/mol. The van der Waals surface area contributed by atoms with Gasteiger partial charge in [-0.25, -0.2) is 0 Å². The molecule has 1 aliphatic rings. The highest BCUT2D eigenvalue weighted by molar-refractivity contribution is 6.72. The number of hydrogen-bond donors (Lipinski definition) is 0. The van der Waals surface area contributed by atoms with Crippen LogP contribution in [-0.2, 0) is 6.42 Å². The van der Waals surface area contributed by atoms with Crippen LogP contribution in [0.1, 0.15) is 61.9 Å². The number of hydrogen-bond acceptors (Lipinski definition) is 3. The molecule has 0 spiro atoms. The van der Waals surface area contributed by atoms with Crippen molar-refractivity contribution in [3.63, 3.8) is 0 Å². The average molecular weight is 393 g/mol. The predicted molar refractivity (Wildman–Crippen MR) is 115 cm³/mol. The fraction of sp³-hybridized carbons (Fsp3) is 0.667. The van der Waals surface area contributed by atoms with E-state index in [1.807, 2.05) is 6.07 Å². The van der Waals surface area contributed by atoms with E-state index in [2.05, 4.69) is 46.1 Å². The van der Waals surface area contributed by atoms with Gasteiger partial charge in [0, 0.05) is 12.0 Å². The van der Waals surface area contributed by atoms with Gasteiger partial charge in [0.25, 0.3) is 0 Å². The molecular weight excluding hydrogens is 356 g/mol. The average Bonchev–Trinajstić information content (AvgIpc) is 2.91. The Kier molecular flexibility index (Phi) is 7.14. The van der Waals surface area contributed by atoms with Crippen LogP contribution in [0.5, 0.6) is 11.5 Å². The highest BCUT2D eigenvalue weighted by Gasteiger charge is 2.31. The van der Waals surface area contributed by atoms with Gasteiger partial charge in [-0.1, -0.05) is 39.5 Å². The smallest absolute Gasteiger partial charge is 0.245 e. The molecule has 0 saturated heterocycles. The van der Waals surface area contributed by atoms with Gasteiger partial charge in [0.1, 0.15) is 11.5 Å². The molecular formula is C21H36O3Si2. The molecule has 0 heterocycles. The molecule has 2 rings (SSSR count). The molecule has 0 amide bonds. The maximum Gasteiger partial charge on any atom is 0.245 e. The molecule has 1 aromatic carbocycles. The van der Waals surface area contributed by atoms with E-state index in [0.29, 0.717) is 6.42 Å². The third-order valence-electron chi connectivity index (χ3n) is 5.13. The molecule has 0 saturated carbocycles. The molecule has 0 aromatic heterocycles. The SMILES string of the molecule is CCCC[Si](C)(C)Oc1cc2c(cc1O[Si](C)(C)CCCC)C(=O)CC2. The minimum atomic E-state index is -1.83. The van der Waals surface area contributed by atoms with Gasteiger partial charge >= 0.3 is 0 Å². The van der Waals surface area contributed by atoms with Crippen LogP contribution in [-0.4, -0.2) is 22.4 Å². The van der Waals surface area contributed by atoms with Crippen molar-refractivity contribution < 1.29 is 13.6 Å². The first kappa shape index (κ1) is 21.2. The predicted octanol–water partition coefficient (Wildman–Crippen LogP) is 6.58. The van der Waals surface area contributed by atoms with Crippen LogP contribution >= 0.6 is 0 Å². The summed E-state index contributed by atoms with van der Waals surface area (Å²) in [6, 6.07) is 6.35. The second-order valence-corrected chi connectivity index (χ2v) is 17.3. The van der Waals surface area contributed by atoms with Gasteiger partial charge in [-0.15, -0.1) is 0 Å². The third kappa shape index (κ3) is 5.71. The molecule has 3 nitrogen and oxygen atoms in total. The number of rotatable bonds is 10. The lowest BCUT2D eigenvalue weighted by molar-refractivity contribution is 0.0994. The maximum atomic E-state index is 12.2. The number of carbonyl (C=O) groups excluding carboxylic acids is 1. The molecule has 146 valence electrons. The Labute approximate surface area is 161 Å². The molecule has 5 heteroatoms. The fourth-order valence-electron chi connectivity index (χ4n) is 3.51. The quantitative estimate of drug-likeness (QED) is 0.422. The van der Waals surface area contributed by atoms with E-state index < -0.39 is 16.6 Å². The van der Waals surface area contributed by atoms with Gasteiger partial charge < -0.3 is 8.85 Å². The summed E-state index contributed by atoms with van der Waals surface area (Å²) in [6.45, 7) is 13.5. The highest BCUT2D eigenvalue weighted by atomic mass is 28.4. The number of unbranched alkanes of at least 4 members (excludes halogenated alkanes) is 2. The first-order valence-electron chi connectivity index (χ1n) is 10.3. The Balaban J connectivity index is 2.31. The van der Waals surface area contributed by atoms with Crippen LogP contribution in [0.25, 0.3) is 0 Å². The number of carbonyl (C=O) groups is 1. The summed E-state index contributed by atoms with van der Waals surface area (Å²) in [4.78, 5) is 12.2. The standard InChI is InChI=1S/C21H36O3Si2/c1-7-9-13-25(3,4)23-20-15-17-11-12-19(22)18(17)16-21(20)24-26(5,6)14-10-8-2/h15-16H,7-14H2,1-6H3. The van der Waals surface area contributed by atoms with Gasteiger partial charge in [-0.05, 0) is 62.4 Å². The zero-order chi connectivity index (χ0) is 19.4. The summed E-state index contributed by atoms with van der Waals surface area (Å²) in [5, 5.41) is 0. The summed E-state index contributed by atoms with van der Waals surface area (Å²) in [5.41, 5.74) is 1.98. The van der Waals surface area contributed by atoms with Crippen LogP contribution in [0.4, 0.5) is 0 Å². The van der Waals surface area contributed by atoms with E-state index in [0.717, 1.165) is 41.1 Å². The summed E-state index contributed by atoms with van der Waals surface area (Å²) in [7, 11) is -3.62. The van der Waals surface area contributed by atoms with Crippen molar-refractivity contribution in [2.75, 3.05) is 0 Å². The summed E-state index contributed by atoms with van der Waals surface area (Å²) in [5.74, 6) is 1.93.